The number of aliphatic carboxylic acids is 1. The molecule has 2 fully saturated rings. The van der Waals surface area contributed by atoms with Crippen LogP contribution in [0.3, 0.4) is 0 Å². The summed E-state index contributed by atoms with van der Waals surface area (Å²) in [5.41, 5.74) is 1.70. The van der Waals surface area contributed by atoms with Crippen LogP contribution in [0.1, 0.15) is 55.4 Å². The number of amides is 1. The number of carboxylic acids is 1. The Morgan fingerprint density at radius 1 is 1.06 bits per heavy atom. The highest BCUT2D eigenvalue weighted by atomic mass is 35.5. The van der Waals surface area contributed by atoms with Crippen LogP contribution in [-0.4, -0.2) is 34.5 Å². The zero-order valence-corrected chi connectivity index (χ0v) is 18.6. The number of carbonyl (C=O) groups is 2. The van der Waals surface area contributed by atoms with Gasteiger partial charge in [-0.1, -0.05) is 66.7 Å². The maximum absolute atomic E-state index is 13.4. The number of carboxylic acid groups (broad SMARTS) is 1. The van der Waals surface area contributed by atoms with Gasteiger partial charge in [-0.2, -0.15) is 0 Å². The van der Waals surface area contributed by atoms with Crippen molar-refractivity contribution in [3.8, 4) is 0 Å². The van der Waals surface area contributed by atoms with E-state index < -0.39 is 24.2 Å². The lowest BCUT2D eigenvalue weighted by atomic mass is 9.82. The number of rotatable bonds is 7. The lowest BCUT2D eigenvalue weighted by Gasteiger charge is -2.45. The molecule has 4 rings (SSSR count). The van der Waals surface area contributed by atoms with E-state index >= 15 is 0 Å². The zero-order valence-electron chi connectivity index (χ0n) is 17.0. The fourth-order valence-corrected chi connectivity index (χ4v) is 4.73. The largest absolute Gasteiger partial charge is 0.481 e. The molecule has 31 heavy (non-hydrogen) atoms. The molecule has 1 aliphatic heterocycles. The van der Waals surface area contributed by atoms with Crippen molar-refractivity contribution in [1.29, 1.82) is 0 Å². The zero-order chi connectivity index (χ0) is 22.0. The van der Waals surface area contributed by atoms with Crippen molar-refractivity contribution in [1.82, 2.24) is 4.90 Å². The molecule has 1 N–H and O–H groups in total. The lowest BCUT2D eigenvalue weighted by molar-refractivity contribution is -0.179. The fourth-order valence-electron chi connectivity index (χ4n) is 4.40. The second-order valence-electron chi connectivity index (χ2n) is 8.31. The second-order valence-corrected chi connectivity index (χ2v) is 9.18. The van der Waals surface area contributed by atoms with E-state index in [9.17, 15) is 14.7 Å². The first kappa shape index (κ1) is 22.1. The lowest BCUT2D eigenvalue weighted by Crippen LogP contribution is -2.52. The molecule has 3 atom stereocenters. The van der Waals surface area contributed by atoms with Gasteiger partial charge in [0.2, 0.25) is 0 Å². The van der Waals surface area contributed by atoms with E-state index in [4.69, 9.17) is 27.9 Å². The van der Waals surface area contributed by atoms with Gasteiger partial charge in [0, 0.05) is 16.6 Å². The summed E-state index contributed by atoms with van der Waals surface area (Å²) in [7, 11) is 0. The SMILES string of the molecule is O=C(O)C[C@H]1O[C@H](c2cccc(Cl)c2)[C@@H](c2ccc(Cl)cc2)N(CCC2CCC2)C1=O. The van der Waals surface area contributed by atoms with Gasteiger partial charge in [-0.25, -0.2) is 0 Å². The molecule has 0 radical (unpaired) electrons. The maximum atomic E-state index is 13.4. The van der Waals surface area contributed by atoms with Crippen molar-refractivity contribution in [2.24, 2.45) is 5.92 Å². The van der Waals surface area contributed by atoms with Crippen molar-refractivity contribution in [2.75, 3.05) is 6.54 Å². The van der Waals surface area contributed by atoms with Crippen molar-refractivity contribution in [2.45, 2.75) is 50.4 Å². The van der Waals surface area contributed by atoms with E-state index in [-0.39, 0.29) is 12.3 Å². The molecule has 1 aliphatic carbocycles. The van der Waals surface area contributed by atoms with Crippen LogP contribution in [0.4, 0.5) is 0 Å². The van der Waals surface area contributed by atoms with E-state index in [1.54, 1.807) is 18.2 Å². The van der Waals surface area contributed by atoms with Crippen molar-refractivity contribution in [3.05, 3.63) is 69.7 Å². The molecule has 7 heteroatoms. The van der Waals surface area contributed by atoms with Gasteiger partial charge in [-0.15, -0.1) is 0 Å². The number of carbonyl (C=O) groups excluding carboxylic acids is 1. The van der Waals surface area contributed by atoms with Gasteiger partial charge in [-0.05, 0) is 47.7 Å². The minimum Gasteiger partial charge on any atom is -0.481 e. The van der Waals surface area contributed by atoms with Crippen LogP contribution >= 0.6 is 23.2 Å². The molecule has 5 nitrogen and oxygen atoms in total. The molecule has 2 aromatic rings. The Bertz CT molecular complexity index is 945. The van der Waals surface area contributed by atoms with Gasteiger partial charge in [0.1, 0.15) is 12.2 Å². The molecule has 2 aromatic carbocycles. The smallest absolute Gasteiger partial charge is 0.306 e. The standard InChI is InChI=1S/C24H25Cl2NO4/c25-18-9-7-16(8-10-18)22-23(17-5-2-6-19(26)13-17)31-20(14-21(28)29)24(30)27(22)12-11-15-3-1-4-15/h2,5-10,13,15,20,22-23H,1,3-4,11-12,14H2,(H,28,29)/t20-,22-,23-/m1/s1. The van der Waals surface area contributed by atoms with Crippen LogP contribution in [0.15, 0.2) is 48.5 Å². The van der Waals surface area contributed by atoms with E-state index in [2.05, 4.69) is 0 Å². The highest BCUT2D eigenvalue weighted by molar-refractivity contribution is 6.30. The topological polar surface area (TPSA) is 66.8 Å². The monoisotopic (exact) mass is 461 g/mol. The molecule has 2 aliphatic rings. The van der Waals surface area contributed by atoms with Gasteiger partial charge in [0.05, 0.1) is 12.5 Å². The van der Waals surface area contributed by atoms with Gasteiger partial charge in [-0.3, -0.25) is 9.59 Å². The van der Waals surface area contributed by atoms with Crippen LogP contribution in [0.5, 0.6) is 0 Å². The summed E-state index contributed by atoms with van der Waals surface area (Å²) >= 11 is 12.4. The Morgan fingerprint density at radius 3 is 2.42 bits per heavy atom. The Balaban J connectivity index is 1.74. The Labute approximate surface area is 191 Å². The molecule has 164 valence electrons. The molecular formula is C24H25Cl2NO4. The summed E-state index contributed by atoms with van der Waals surface area (Å²) in [6.07, 6.45) is 2.55. The number of hydrogen-bond acceptors (Lipinski definition) is 3. The highest BCUT2D eigenvalue weighted by Gasteiger charge is 2.44. The van der Waals surface area contributed by atoms with Crippen molar-refractivity contribution < 1.29 is 19.4 Å². The first-order valence-electron chi connectivity index (χ1n) is 10.6. The first-order valence-corrected chi connectivity index (χ1v) is 11.4. The molecular weight excluding hydrogens is 437 g/mol. The summed E-state index contributed by atoms with van der Waals surface area (Å²) in [6.45, 7) is 0.563. The van der Waals surface area contributed by atoms with Crippen LogP contribution < -0.4 is 0 Å². The Kier molecular flexibility index (Phi) is 6.85. The van der Waals surface area contributed by atoms with Crippen LogP contribution in [0.2, 0.25) is 10.0 Å². The molecule has 1 saturated carbocycles. The molecule has 1 amide bonds. The average molecular weight is 462 g/mol. The van der Waals surface area contributed by atoms with Crippen molar-refractivity contribution in [3.63, 3.8) is 0 Å². The van der Waals surface area contributed by atoms with Crippen LogP contribution in [-0.2, 0) is 14.3 Å². The van der Waals surface area contributed by atoms with Crippen molar-refractivity contribution >= 4 is 35.1 Å². The molecule has 0 aromatic heterocycles. The Morgan fingerprint density at radius 2 is 1.81 bits per heavy atom. The summed E-state index contributed by atoms with van der Waals surface area (Å²) in [4.78, 5) is 26.6. The summed E-state index contributed by atoms with van der Waals surface area (Å²) < 4.78 is 6.16. The van der Waals surface area contributed by atoms with Gasteiger partial charge < -0.3 is 14.7 Å². The summed E-state index contributed by atoms with van der Waals surface area (Å²) in [5, 5.41) is 10.5. The third-order valence-corrected chi connectivity index (χ3v) is 6.73. The van der Waals surface area contributed by atoms with Gasteiger partial charge >= 0.3 is 5.97 Å². The van der Waals surface area contributed by atoms with Gasteiger partial charge in [0.15, 0.2) is 0 Å². The fraction of sp³-hybridized carbons (Fsp3) is 0.417. The minimum atomic E-state index is -1.06. The predicted octanol–water partition coefficient (Wildman–Crippen LogP) is 5.67. The first-order chi connectivity index (χ1) is 14.9. The molecule has 1 heterocycles. The van der Waals surface area contributed by atoms with Gasteiger partial charge in [0.25, 0.3) is 5.91 Å². The number of benzene rings is 2. The third-order valence-electron chi connectivity index (χ3n) is 6.24. The Hall–Kier alpha value is -2.08. The molecule has 0 spiro atoms. The predicted molar refractivity (Wildman–Crippen MR) is 119 cm³/mol. The maximum Gasteiger partial charge on any atom is 0.306 e. The quantitative estimate of drug-likeness (QED) is 0.576. The highest BCUT2D eigenvalue weighted by Crippen LogP contribution is 2.44. The normalized spacial score (nSPS) is 24.1. The summed E-state index contributed by atoms with van der Waals surface area (Å²) in [6, 6.07) is 14.3. The molecule has 1 saturated heterocycles. The second kappa shape index (κ2) is 9.60. The number of halogens is 2. The number of ether oxygens (including phenoxy) is 1. The third kappa shape index (κ3) is 5.05. The number of nitrogens with zero attached hydrogens (tertiary/aromatic N) is 1. The molecule has 0 unspecified atom stereocenters. The van der Waals surface area contributed by atoms with E-state index in [0.29, 0.717) is 22.5 Å². The van der Waals surface area contributed by atoms with Crippen LogP contribution in [0, 0.1) is 5.92 Å². The van der Waals surface area contributed by atoms with E-state index in [1.807, 2.05) is 35.2 Å². The molecule has 0 bridgehead atoms. The number of hydrogen-bond donors (Lipinski definition) is 1. The average Bonchev–Trinajstić information content (AvgIpc) is 2.69. The minimum absolute atomic E-state index is 0.278. The summed E-state index contributed by atoms with van der Waals surface area (Å²) in [5.74, 6) is -0.726. The number of morpholine rings is 1. The van der Waals surface area contributed by atoms with E-state index in [1.165, 1.54) is 19.3 Å². The van der Waals surface area contributed by atoms with Crippen LogP contribution in [0.25, 0.3) is 0 Å². The van der Waals surface area contributed by atoms with E-state index in [0.717, 1.165) is 17.5 Å².